The van der Waals surface area contributed by atoms with Gasteiger partial charge in [0, 0.05) is 37.8 Å². The zero-order valence-corrected chi connectivity index (χ0v) is 14.7. The molecule has 0 bridgehead atoms. The second-order valence-electron chi connectivity index (χ2n) is 7.00. The highest BCUT2D eigenvalue weighted by Gasteiger charge is 2.29. The van der Waals surface area contributed by atoms with Crippen LogP contribution in [0.15, 0.2) is 24.3 Å². The van der Waals surface area contributed by atoms with Crippen molar-refractivity contribution in [2.45, 2.75) is 38.6 Å². The molecule has 1 aromatic carbocycles. The zero-order valence-electron chi connectivity index (χ0n) is 14.7. The van der Waals surface area contributed by atoms with Gasteiger partial charge < -0.3 is 15.1 Å². The molecule has 2 fully saturated rings. The van der Waals surface area contributed by atoms with Crippen LogP contribution >= 0.6 is 0 Å². The van der Waals surface area contributed by atoms with Gasteiger partial charge in [0.2, 0.25) is 11.8 Å². The van der Waals surface area contributed by atoms with E-state index in [0.29, 0.717) is 19.6 Å². The highest BCUT2D eigenvalue weighted by atomic mass is 19.1. The summed E-state index contributed by atoms with van der Waals surface area (Å²) < 4.78 is 13.1. The van der Waals surface area contributed by atoms with Crippen LogP contribution in [0.1, 0.15) is 32.6 Å². The summed E-state index contributed by atoms with van der Waals surface area (Å²) in [6.45, 7) is 4.60. The number of halogens is 1. The molecule has 2 amide bonds. The first-order chi connectivity index (χ1) is 12.0. The first kappa shape index (κ1) is 17.7. The third-order valence-corrected chi connectivity index (χ3v) is 5.20. The number of amides is 2. The molecule has 0 spiro atoms. The second-order valence-corrected chi connectivity index (χ2v) is 7.00. The third-order valence-electron chi connectivity index (χ3n) is 5.20. The average Bonchev–Trinajstić information content (AvgIpc) is 2.79. The van der Waals surface area contributed by atoms with Gasteiger partial charge in [0.15, 0.2) is 0 Å². The van der Waals surface area contributed by atoms with Crippen LogP contribution in [0.4, 0.5) is 10.1 Å². The van der Waals surface area contributed by atoms with Crippen molar-refractivity contribution in [3.8, 4) is 0 Å². The molecule has 1 unspecified atom stereocenters. The molecule has 1 saturated heterocycles. The summed E-state index contributed by atoms with van der Waals surface area (Å²) in [4.78, 5) is 28.7. The molecule has 3 rings (SSSR count). The van der Waals surface area contributed by atoms with Gasteiger partial charge in [-0.25, -0.2) is 4.39 Å². The lowest BCUT2D eigenvalue weighted by Crippen LogP contribution is -2.50. The molecule has 136 valence electrons. The topological polar surface area (TPSA) is 52.7 Å². The molecule has 2 aliphatic rings. The number of nitrogens with zero attached hydrogens (tertiary/aromatic N) is 2. The van der Waals surface area contributed by atoms with E-state index in [0.717, 1.165) is 37.9 Å². The summed E-state index contributed by atoms with van der Waals surface area (Å²) >= 11 is 0. The van der Waals surface area contributed by atoms with Crippen molar-refractivity contribution >= 4 is 17.5 Å². The largest absolute Gasteiger partial charge is 0.370 e. The number of anilines is 1. The number of rotatable bonds is 4. The van der Waals surface area contributed by atoms with Gasteiger partial charge in [-0.15, -0.1) is 0 Å². The average molecular weight is 347 g/mol. The molecule has 1 atom stereocenters. The van der Waals surface area contributed by atoms with Crippen LogP contribution in [0.3, 0.4) is 0 Å². The highest BCUT2D eigenvalue weighted by Crippen LogP contribution is 2.26. The van der Waals surface area contributed by atoms with Crippen LogP contribution in [0.2, 0.25) is 0 Å². The Labute approximate surface area is 148 Å². The summed E-state index contributed by atoms with van der Waals surface area (Å²) in [5.74, 6) is -0.164. The van der Waals surface area contributed by atoms with E-state index < -0.39 is 6.04 Å². The molecule has 5 nitrogen and oxygen atoms in total. The van der Waals surface area contributed by atoms with Crippen molar-refractivity contribution in [2.75, 3.05) is 31.1 Å². The lowest BCUT2D eigenvalue weighted by Gasteiger charge is -2.29. The minimum absolute atomic E-state index is 0.00913. The van der Waals surface area contributed by atoms with E-state index in [1.807, 2.05) is 4.90 Å². The molecule has 25 heavy (non-hydrogen) atoms. The highest BCUT2D eigenvalue weighted by molar-refractivity contribution is 5.88. The molecular formula is C19H26FN3O2. The molecule has 1 saturated carbocycles. The maximum Gasteiger partial charge on any atom is 0.244 e. The lowest BCUT2D eigenvalue weighted by atomic mass is 9.84. The van der Waals surface area contributed by atoms with Crippen LogP contribution in [-0.4, -0.2) is 48.9 Å². The Hall–Kier alpha value is -2.11. The first-order valence-electron chi connectivity index (χ1n) is 9.14. The number of carbonyl (C=O) groups is 2. The van der Waals surface area contributed by atoms with Gasteiger partial charge in [-0.2, -0.15) is 0 Å². The van der Waals surface area contributed by atoms with E-state index >= 15 is 0 Å². The van der Waals surface area contributed by atoms with Crippen molar-refractivity contribution in [3.05, 3.63) is 30.1 Å². The summed E-state index contributed by atoms with van der Waals surface area (Å²) in [5.41, 5.74) is 0.974. The van der Waals surface area contributed by atoms with E-state index in [-0.39, 0.29) is 23.5 Å². The zero-order chi connectivity index (χ0) is 17.8. The predicted octanol–water partition coefficient (Wildman–Crippen LogP) is 2.17. The number of carbonyl (C=O) groups excluding carboxylic acids is 2. The Morgan fingerprint density at radius 3 is 2.44 bits per heavy atom. The molecule has 1 aromatic rings. The maximum absolute atomic E-state index is 13.1. The molecular weight excluding hydrogens is 321 g/mol. The van der Waals surface area contributed by atoms with Crippen LogP contribution < -0.4 is 10.2 Å². The third kappa shape index (κ3) is 4.30. The van der Waals surface area contributed by atoms with E-state index in [9.17, 15) is 14.0 Å². The van der Waals surface area contributed by atoms with Crippen molar-refractivity contribution < 1.29 is 14.0 Å². The monoisotopic (exact) mass is 347 g/mol. The molecule has 0 radical (unpaired) electrons. The minimum atomic E-state index is -0.481. The van der Waals surface area contributed by atoms with Crippen molar-refractivity contribution in [3.63, 3.8) is 0 Å². The van der Waals surface area contributed by atoms with Gasteiger partial charge >= 0.3 is 0 Å². The van der Waals surface area contributed by atoms with Gasteiger partial charge in [0.05, 0.1) is 0 Å². The Balaban J connectivity index is 1.53. The summed E-state index contributed by atoms with van der Waals surface area (Å²) in [5, 5.41) is 2.86. The minimum Gasteiger partial charge on any atom is -0.370 e. The molecule has 0 aromatic heterocycles. The number of nitrogens with one attached hydrogen (secondary N) is 1. The molecule has 1 heterocycles. The van der Waals surface area contributed by atoms with Crippen LogP contribution in [0.5, 0.6) is 0 Å². The molecule has 1 aliphatic heterocycles. The fourth-order valence-corrected chi connectivity index (χ4v) is 3.39. The van der Waals surface area contributed by atoms with E-state index in [1.54, 1.807) is 19.1 Å². The molecule has 6 heteroatoms. The van der Waals surface area contributed by atoms with Gasteiger partial charge in [-0.3, -0.25) is 9.59 Å². The Morgan fingerprint density at radius 1 is 1.08 bits per heavy atom. The van der Waals surface area contributed by atoms with Crippen molar-refractivity contribution in [1.29, 1.82) is 0 Å². The van der Waals surface area contributed by atoms with Crippen LogP contribution in [-0.2, 0) is 9.59 Å². The van der Waals surface area contributed by atoms with E-state index in [1.165, 1.54) is 12.1 Å². The van der Waals surface area contributed by atoms with E-state index in [2.05, 4.69) is 10.2 Å². The van der Waals surface area contributed by atoms with Crippen LogP contribution in [0, 0.1) is 11.7 Å². The SMILES string of the molecule is CC(NC(=O)C1CCC1)C(=O)N1CCCN(c2ccc(F)cc2)CC1. The summed E-state index contributed by atoms with van der Waals surface area (Å²) in [6, 6.07) is 5.98. The number of benzene rings is 1. The van der Waals surface area contributed by atoms with Crippen LogP contribution in [0.25, 0.3) is 0 Å². The number of hydrogen-bond donors (Lipinski definition) is 1. The standard InChI is InChI=1S/C19H26FN3O2/c1-14(21-18(24)15-4-2-5-15)19(25)23-11-3-10-22(12-13-23)17-8-6-16(20)7-9-17/h6-9,14-15H,2-5,10-13H2,1H3,(H,21,24). The lowest BCUT2D eigenvalue weighted by molar-refractivity contribution is -0.137. The normalized spacial score (nSPS) is 19.8. The van der Waals surface area contributed by atoms with Gasteiger partial charge in [-0.1, -0.05) is 6.42 Å². The fraction of sp³-hybridized carbons (Fsp3) is 0.579. The quantitative estimate of drug-likeness (QED) is 0.908. The number of hydrogen-bond acceptors (Lipinski definition) is 3. The fourth-order valence-electron chi connectivity index (χ4n) is 3.39. The smallest absolute Gasteiger partial charge is 0.244 e. The Morgan fingerprint density at radius 2 is 1.80 bits per heavy atom. The first-order valence-corrected chi connectivity index (χ1v) is 9.14. The summed E-state index contributed by atoms with van der Waals surface area (Å²) in [7, 11) is 0. The van der Waals surface area contributed by atoms with Crippen molar-refractivity contribution in [2.24, 2.45) is 5.92 Å². The van der Waals surface area contributed by atoms with Gasteiger partial charge in [0.25, 0.3) is 0 Å². The Kier molecular flexibility index (Phi) is 5.56. The Bertz CT molecular complexity index is 616. The van der Waals surface area contributed by atoms with Gasteiger partial charge in [-0.05, 0) is 50.5 Å². The maximum atomic E-state index is 13.1. The van der Waals surface area contributed by atoms with Gasteiger partial charge in [0.1, 0.15) is 11.9 Å². The summed E-state index contributed by atoms with van der Waals surface area (Å²) in [6.07, 6.45) is 3.82. The van der Waals surface area contributed by atoms with E-state index in [4.69, 9.17) is 0 Å². The molecule has 1 aliphatic carbocycles. The predicted molar refractivity (Wildman–Crippen MR) is 94.8 cm³/mol. The molecule has 1 N–H and O–H groups in total. The second kappa shape index (κ2) is 7.85. The van der Waals surface area contributed by atoms with Crippen molar-refractivity contribution in [1.82, 2.24) is 10.2 Å².